The van der Waals surface area contributed by atoms with E-state index in [1.165, 1.54) is 17.7 Å². The number of aromatic hydroxyl groups is 1. The van der Waals surface area contributed by atoms with Crippen LogP contribution in [0.5, 0.6) is 5.75 Å². The zero-order valence-corrected chi connectivity index (χ0v) is 20.6. The van der Waals surface area contributed by atoms with Crippen LogP contribution >= 0.6 is 12.2 Å². The van der Waals surface area contributed by atoms with Crippen molar-refractivity contribution in [3.05, 3.63) is 83.4 Å². The molecule has 0 atom stereocenters. The molecule has 0 radical (unpaired) electrons. The average molecular weight is 486 g/mol. The SMILES string of the molecule is CCc1ccc2oc(-c3ccc(NC(=S)NC(=O)/C=C/c4ccc(C(C)C)cc4)cc3O)nc2c1. The number of rotatable bonds is 6. The number of anilines is 1. The van der Waals surface area contributed by atoms with Crippen molar-refractivity contribution in [1.82, 2.24) is 10.3 Å². The van der Waals surface area contributed by atoms with Gasteiger partial charge in [0.1, 0.15) is 11.3 Å². The molecule has 35 heavy (non-hydrogen) atoms. The molecule has 1 amide bonds. The maximum atomic E-state index is 12.2. The smallest absolute Gasteiger partial charge is 0.250 e. The lowest BCUT2D eigenvalue weighted by atomic mass is 10.0. The standard InChI is InChI=1S/C28H27N3O3S/c1-4-18-7-13-25-23(15-18)30-27(34-25)22-12-11-21(16-24(22)32)29-28(35)31-26(33)14-8-19-5-9-20(10-6-19)17(2)3/h5-17,32H,4H2,1-3H3,(H2,29,31,33,35)/b14-8+. The van der Waals surface area contributed by atoms with Gasteiger partial charge in [0.15, 0.2) is 10.7 Å². The Hall–Kier alpha value is -3.97. The van der Waals surface area contributed by atoms with Gasteiger partial charge in [-0.2, -0.15) is 0 Å². The normalized spacial score (nSPS) is 11.3. The first-order chi connectivity index (χ1) is 16.8. The topological polar surface area (TPSA) is 87.4 Å². The van der Waals surface area contributed by atoms with Gasteiger partial charge in [-0.15, -0.1) is 0 Å². The Labute approximate surface area is 209 Å². The van der Waals surface area contributed by atoms with Crippen molar-refractivity contribution in [2.75, 3.05) is 5.32 Å². The van der Waals surface area contributed by atoms with Gasteiger partial charge in [0, 0.05) is 17.8 Å². The second-order valence-corrected chi connectivity index (χ2v) is 8.91. The van der Waals surface area contributed by atoms with Crippen molar-refractivity contribution >= 4 is 46.1 Å². The van der Waals surface area contributed by atoms with Gasteiger partial charge in [0.25, 0.3) is 0 Å². The number of benzene rings is 3. The van der Waals surface area contributed by atoms with Crippen LogP contribution < -0.4 is 10.6 Å². The summed E-state index contributed by atoms with van der Waals surface area (Å²) in [5.41, 5.74) is 5.72. The van der Waals surface area contributed by atoms with E-state index in [1.807, 2.05) is 42.5 Å². The van der Waals surface area contributed by atoms with Gasteiger partial charge in [-0.3, -0.25) is 10.1 Å². The van der Waals surface area contributed by atoms with Gasteiger partial charge >= 0.3 is 0 Å². The van der Waals surface area contributed by atoms with Crippen molar-refractivity contribution in [3.63, 3.8) is 0 Å². The van der Waals surface area contributed by atoms with E-state index in [4.69, 9.17) is 16.6 Å². The van der Waals surface area contributed by atoms with Crippen molar-refractivity contribution in [2.24, 2.45) is 0 Å². The lowest BCUT2D eigenvalue weighted by Crippen LogP contribution is -2.32. The summed E-state index contributed by atoms with van der Waals surface area (Å²) in [5.74, 6) is 0.419. The fourth-order valence-corrected chi connectivity index (χ4v) is 3.80. The van der Waals surface area contributed by atoms with Crippen LogP contribution in [0.1, 0.15) is 43.4 Å². The highest BCUT2D eigenvalue weighted by Crippen LogP contribution is 2.33. The Morgan fingerprint density at radius 1 is 1.11 bits per heavy atom. The number of thiocarbonyl (C=S) groups is 1. The molecule has 4 aromatic rings. The van der Waals surface area contributed by atoms with Gasteiger partial charge < -0.3 is 14.8 Å². The van der Waals surface area contributed by atoms with E-state index in [9.17, 15) is 9.90 Å². The Kier molecular flexibility index (Phi) is 7.27. The Bertz CT molecular complexity index is 1400. The number of oxazole rings is 1. The van der Waals surface area contributed by atoms with Gasteiger partial charge in [-0.25, -0.2) is 4.98 Å². The number of fused-ring (bicyclic) bond motifs is 1. The van der Waals surface area contributed by atoms with Crippen LogP contribution in [-0.2, 0) is 11.2 Å². The summed E-state index contributed by atoms with van der Waals surface area (Å²) in [6.07, 6.45) is 4.06. The number of amides is 1. The molecule has 0 saturated heterocycles. The highest BCUT2D eigenvalue weighted by Gasteiger charge is 2.14. The molecule has 3 aromatic carbocycles. The van der Waals surface area contributed by atoms with Gasteiger partial charge in [0.2, 0.25) is 11.8 Å². The van der Waals surface area contributed by atoms with Gasteiger partial charge in [-0.1, -0.05) is 51.1 Å². The zero-order valence-electron chi connectivity index (χ0n) is 19.8. The van der Waals surface area contributed by atoms with Gasteiger partial charge in [0.05, 0.1) is 5.56 Å². The van der Waals surface area contributed by atoms with E-state index in [2.05, 4.69) is 36.4 Å². The highest BCUT2D eigenvalue weighted by molar-refractivity contribution is 7.80. The molecule has 0 aliphatic heterocycles. The van der Waals surface area contributed by atoms with Crippen LogP contribution in [0.2, 0.25) is 0 Å². The molecule has 3 N–H and O–H groups in total. The number of carbonyl (C=O) groups excluding carboxylic acids is 1. The Morgan fingerprint density at radius 3 is 2.57 bits per heavy atom. The number of hydrogen-bond donors (Lipinski definition) is 3. The first-order valence-corrected chi connectivity index (χ1v) is 11.9. The monoisotopic (exact) mass is 485 g/mol. The number of hydrogen-bond acceptors (Lipinski definition) is 5. The summed E-state index contributed by atoms with van der Waals surface area (Å²) in [5, 5.41) is 16.2. The van der Waals surface area contributed by atoms with E-state index < -0.39 is 0 Å². The lowest BCUT2D eigenvalue weighted by molar-refractivity contribution is -0.115. The second-order valence-electron chi connectivity index (χ2n) is 8.50. The van der Waals surface area contributed by atoms with E-state index in [1.54, 1.807) is 18.2 Å². The number of phenolic OH excluding ortho intramolecular Hbond substituents is 1. The molecule has 0 fully saturated rings. The largest absolute Gasteiger partial charge is 0.507 e. The second kappa shape index (κ2) is 10.5. The molecule has 178 valence electrons. The molecule has 7 heteroatoms. The summed E-state index contributed by atoms with van der Waals surface area (Å²) < 4.78 is 5.81. The van der Waals surface area contributed by atoms with Gasteiger partial charge in [-0.05, 0) is 71.6 Å². The minimum atomic E-state index is -0.353. The van der Waals surface area contributed by atoms with E-state index >= 15 is 0 Å². The predicted octanol–water partition coefficient (Wildman–Crippen LogP) is 6.41. The van der Waals surface area contributed by atoms with Crippen LogP contribution in [0.4, 0.5) is 5.69 Å². The fraction of sp³-hybridized carbons (Fsp3) is 0.179. The number of aromatic nitrogens is 1. The molecular weight excluding hydrogens is 458 g/mol. The summed E-state index contributed by atoms with van der Waals surface area (Å²) in [4.78, 5) is 16.7. The molecule has 4 rings (SSSR count). The molecule has 0 saturated carbocycles. The molecule has 6 nitrogen and oxygen atoms in total. The van der Waals surface area contributed by atoms with Crippen molar-refractivity contribution < 1.29 is 14.3 Å². The minimum Gasteiger partial charge on any atom is -0.507 e. The maximum absolute atomic E-state index is 12.2. The lowest BCUT2D eigenvalue weighted by Gasteiger charge is -2.09. The fourth-order valence-electron chi connectivity index (χ4n) is 3.58. The molecule has 1 aromatic heterocycles. The zero-order chi connectivity index (χ0) is 24.9. The van der Waals surface area contributed by atoms with E-state index in [0.29, 0.717) is 28.6 Å². The number of nitrogens with zero attached hydrogens (tertiary/aromatic N) is 1. The number of nitrogens with one attached hydrogen (secondary N) is 2. The molecule has 0 bridgehead atoms. The first-order valence-electron chi connectivity index (χ1n) is 11.4. The Morgan fingerprint density at radius 2 is 1.89 bits per heavy atom. The molecule has 0 unspecified atom stereocenters. The third-order valence-electron chi connectivity index (χ3n) is 5.61. The summed E-state index contributed by atoms with van der Waals surface area (Å²) in [6.45, 7) is 6.35. The predicted molar refractivity (Wildman–Crippen MR) is 144 cm³/mol. The number of phenols is 1. The summed E-state index contributed by atoms with van der Waals surface area (Å²) in [6, 6.07) is 18.8. The van der Waals surface area contributed by atoms with Crippen molar-refractivity contribution in [3.8, 4) is 17.2 Å². The number of carbonyl (C=O) groups is 1. The van der Waals surface area contributed by atoms with E-state index in [0.717, 1.165) is 23.1 Å². The highest BCUT2D eigenvalue weighted by atomic mass is 32.1. The quantitative estimate of drug-likeness (QED) is 0.216. The van der Waals surface area contributed by atoms with Crippen LogP contribution in [0, 0.1) is 0 Å². The maximum Gasteiger partial charge on any atom is 0.250 e. The molecule has 0 aliphatic rings. The molecular formula is C28H27N3O3S. The van der Waals surface area contributed by atoms with Crippen LogP contribution in [0.25, 0.3) is 28.6 Å². The molecule has 0 aliphatic carbocycles. The van der Waals surface area contributed by atoms with Crippen LogP contribution in [-0.4, -0.2) is 21.1 Å². The van der Waals surface area contributed by atoms with Crippen molar-refractivity contribution in [1.29, 1.82) is 0 Å². The van der Waals surface area contributed by atoms with Crippen LogP contribution in [0.3, 0.4) is 0 Å². The average Bonchev–Trinajstić information content (AvgIpc) is 3.25. The van der Waals surface area contributed by atoms with Crippen molar-refractivity contribution in [2.45, 2.75) is 33.1 Å². The third-order valence-corrected chi connectivity index (χ3v) is 5.82. The minimum absolute atomic E-state index is 0.0175. The third kappa shape index (κ3) is 5.94. The molecule has 0 spiro atoms. The van der Waals surface area contributed by atoms with E-state index in [-0.39, 0.29) is 16.8 Å². The number of aryl methyl sites for hydroxylation is 1. The molecule has 1 heterocycles. The summed E-state index contributed by atoms with van der Waals surface area (Å²) in [7, 11) is 0. The van der Waals surface area contributed by atoms with Crippen LogP contribution in [0.15, 0.2) is 71.2 Å². The summed E-state index contributed by atoms with van der Waals surface area (Å²) >= 11 is 5.24. The Balaban J connectivity index is 1.38. The first kappa shape index (κ1) is 24.2.